The fourth-order valence-corrected chi connectivity index (χ4v) is 8.86. The minimum absolute atomic E-state index is 0.0139. The van der Waals surface area contributed by atoms with Crippen LogP contribution in [-0.4, -0.2) is 108 Å². The highest BCUT2D eigenvalue weighted by atomic mass is 79.9. The Hall–Kier alpha value is -3.36. The van der Waals surface area contributed by atoms with E-state index in [9.17, 15) is 19.2 Å². The first kappa shape index (κ1) is 34.5. The molecule has 48 heavy (non-hydrogen) atoms. The third-order valence-corrected chi connectivity index (χ3v) is 11.6. The number of ether oxygens (including phenoxy) is 1. The molecule has 4 aliphatic heterocycles. The van der Waals surface area contributed by atoms with E-state index in [-0.39, 0.29) is 42.1 Å². The van der Waals surface area contributed by atoms with Gasteiger partial charge in [0.2, 0.25) is 5.91 Å². The molecule has 14 heteroatoms. The highest BCUT2D eigenvalue weighted by Gasteiger charge is 2.39. The fraction of sp³-hybridized carbons (Fsp3) is 0.529. The molecule has 4 heterocycles. The average molecular weight is 790 g/mol. The number of esters is 1. The minimum Gasteiger partial charge on any atom is -0.468 e. The summed E-state index contributed by atoms with van der Waals surface area (Å²) in [7, 11) is 1.43. The lowest BCUT2D eigenvalue weighted by atomic mass is 9.99. The number of nitrogens with one attached hydrogen (secondary N) is 2. The number of piperidine rings is 2. The average Bonchev–Trinajstić information content (AvgIpc) is 3.60. The van der Waals surface area contributed by atoms with Crippen molar-refractivity contribution in [3.8, 4) is 0 Å². The molecule has 2 atom stereocenters. The third-order valence-electron chi connectivity index (χ3n) is 10.2. The van der Waals surface area contributed by atoms with E-state index in [1.54, 1.807) is 4.90 Å². The number of likely N-dealkylation sites (tertiary alicyclic amines) is 3. The molecule has 0 saturated carbocycles. The number of fused-ring (bicyclic) bond motifs is 1. The summed E-state index contributed by atoms with van der Waals surface area (Å²) in [5.41, 5.74) is 9.46. The van der Waals surface area contributed by atoms with Crippen molar-refractivity contribution in [2.24, 2.45) is 0 Å². The Labute approximate surface area is 297 Å². The highest BCUT2D eigenvalue weighted by molar-refractivity contribution is 9.11. The molecular weight excluding hydrogens is 746 g/mol. The number of nitrogen functional groups attached to an aromatic ring is 1. The summed E-state index contributed by atoms with van der Waals surface area (Å²) in [5.74, 6) is -0.321. The van der Waals surface area contributed by atoms with Gasteiger partial charge in [0.25, 0.3) is 0 Å². The number of para-hydroxylation sites is 1. The number of carbonyl (C=O) groups excluding carboxylic acids is 4. The number of nitrogens with two attached hydrogens (primary N) is 1. The van der Waals surface area contributed by atoms with Crippen molar-refractivity contribution in [3.63, 3.8) is 0 Å². The Morgan fingerprint density at radius 2 is 1.60 bits per heavy atom. The number of rotatable bonds is 7. The number of benzene rings is 2. The molecule has 4 N–H and O–H groups in total. The predicted octanol–water partition coefficient (Wildman–Crippen LogP) is 4.56. The van der Waals surface area contributed by atoms with Gasteiger partial charge in [0.1, 0.15) is 12.1 Å². The van der Waals surface area contributed by atoms with Crippen molar-refractivity contribution >= 4 is 67.2 Å². The number of carbonyl (C=O) groups is 4. The molecule has 3 fully saturated rings. The van der Waals surface area contributed by atoms with E-state index in [0.29, 0.717) is 66.6 Å². The van der Waals surface area contributed by atoms with Crippen molar-refractivity contribution in [1.29, 1.82) is 0 Å². The molecule has 0 radical (unpaired) electrons. The summed E-state index contributed by atoms with van der Waals surface area (Å²) < 4.78 is 6.47. The molecule has 0 bridgehead atoms. The summed E-state index contributed by atoms with van der Waals surface area (Å²) in [4.78, 5) is 60.7. The van der Waals surface area contributed by atoms with Gasteiger partial charge < -0.3 is 35.8 Å². The molecule has 5 amide bonds. The lowest BCUT2D eigenvalue weighted by Crippen LogP contribution is -2.58. The van der Waals surface area contributed by atoms with Crippen LogP contribution in [0.5, 0.6) is 0 Å². The zero-order chi connectivity index (χ0) is 33.9. The van der Waals surface area contributed by atoms with E-state index in [4.69, 9.17) is 10.5 Å². The highest BCUT2D eigenvalue weighted by Crippen LogP contribution is 2.32. The number of anilines is 2. The summed E-state index contributed by atoms with van der Waals surface area (Å²) >= 11 is 7.02. The lowest BCUT2D eigenvalue weighted by Gasteiger charge is -2.41. The Bertz CT molecular complexity index is 1520. The van der Waals surface area contributed by atoms with Gasteiger partial charge in [-0.3, -0.25) is 14.5 Å². The maximum atomic E-state index is 14.1. The van der Waals surface area contributed by atoms with Crippen LogP contribution in [0.1, 0.15) is 49.7 Å². The van der Waals surface area contributed by atoms with Gasteiger partial charge in [-0.15, -0.1) is 0 Å². The Morgan fingerprint density at radius 3 is 2.29 bits per heavy atom. The second kappa shape index (κ2) is 15.0. The maximum absolute atomic E-state index is 14.1. The van der Waals surface area contributed by atoms with E-state index >= 15 is 0 Å². The fourth-order valence-electron chi connectivity index (χ4n) is 7.58. The molecule has 4 aliphatic rings. The normalized spacial score (nSPS) is 21.4. The zero-order valence-corrected chi connectivity index (χ0v) is 30.3. The van der Waals surface area contributed by atoms with Gasteiger partial charge in [-0.2, -0.15) is 0 Å². The van der Waals surface area contributed by atoms with E-state index < -0.39 is 6.04 Å². The summed E-state index contributed by atoms with van der Waals surface area (Å²) in [5, 5.41) is 6.06. The lowest BCUT2D eigenvalue weighted by molar-refractivity contribution is -0.147. The third kappa shape index (κ3) is 7.45. The predicted molar refractivity (Wildman–Crippen MR) is 189 cm³/mol. The molecular formula is C34H43Br2N7O5. The molecule has 258 valence electrons. The molecule has 0 spiro atoms. The Morgan fingerprint density at radius 1 is 0.958 bits per heavy atom. The van der Waals surface area contributed by atoms with Crippen LogP contribution in [0.15, 0.2) is 45.3 Å². The van der Waals surface area contributed by atoms with Crippen molar-refractivity contribution in [2.45, 2.75) is 75.7 Å². The van der Waals surface area contributed by atoms with E-state index in [0.717, 1.165) is 49.0 Å². The largest absolute Gasteiger partial charge is 0.468 e. The molecule has 3 saturated heterocycles. The monoisotopic (exact) mass is 787 g/mol. The summed E-state index contributed by atoms with van der Waals surface area (Å²) in [6.45, 7) is 3.43. The van der Waals surface area contributed by atoms with Gasteiger partial charge in [0, 0.05) is 65.9 Å². The molecule has 6 rings (SSSR count). The van der Waals surface area contributed by atoms with E-state index in [2.05, 4.69) is 47.4 Å². The van der Waals surface area contributed by atoms with Crippen LogP contribution in [0.2, 0.25) is 0 Å². The van der Waals surface area contributed by atoms with Crippen molar-refractivity contribution in [1.82, 2.24) is 24.9 Å². The number of urea groups is 2. The first-order chi connectivity index (χ1) is 23.1. The number of methoxy groups -OCH3 is 1. The standard InChI is InChI=1S/C34H43Br2N7O5/c1-48-32(45)29-7-4-12-42(29)23-8-13-40(14-9-23)31(44)28(19-21-17-25(35)30(37)26(36)18-21)39-33(46)41-15-10-24(11-16-41)43-20-22-5-2-3-6-27(22)38-34(43)47/h2-3,5-6,17-18,23-24,28-29H,4,7-16,19-20,37H2,1H3,(H,38,47)(H,39,46)/t28-,29+/m1/s1. The van der Waals surface area contributed by atoms with Crippen molar-refractivity contribution < 1.29 is 23.9 Å². The molecule has 2 aromatic rings. The first-order valence-corrected chi connectivity index (χ1v) is 18.3. The zero-order valence-electron chi connectivity index (χ0n) is 27.1. The van der Waals surface area contributed by atoms with Crippen LogP contribution < -0.4 is 16.4 Å². The van der Waals surface area contributed by atoms with Gasteiger partial charge >= 0.3 is 18.0 Å². The van der Waals surface area contributed by atoms with Crippen LogP contribution in [-0.2, 0) is 27.3 Å². The quantitative estimate of drug-likeness (QED) is 0.276. The minimum atomic E-state index is -0.784. The summed E-state index contributed by atoms with van der Waals surface area (Å²) in [6, 6.07) is 10.4. The number of hydrogen-bond donors (Lipinski definition) is 3. The first-order valence-electron chi connectivity index (χ1n) is 16.7. The van der Waals surface area contributed by atoms with Gasteiger partial charge in [0.05, 0.1) is 12.8 Å². The second-order valence-corrected chi connectivity index (χ2v) is 14.8. The molecule has 0 unspecified atom stereocenters. The van der Waals surface area contributed by atoms with Crippen molar-refractivity contribution in [3.05, 3.63) is 56.5 Å². The van der Waals surface area contributed by atoms with Gasteiger partial charge in [-0.05, 0) is 106 Å². The molecule has 0 aromatic heterocycles. The van der Waals surface area contributed by atoms with E-state index in [1.807, 2.05) is 46.2 Å². The number of halogens is 2. The number of hydrogen-bond acceptors (Lipinski definition) is 7. The van der Waals surface area contributed by atoms with Crippen LogP contribution in [0.25, 0.3) is 0 Å². The summed E-state index contributed by atoms with van der Waals surface area (Å²) in [6.07, 6.45) is 4.84. The second-order valence-electron chi connectivity index (χ2n) is 13.1. The smallest absolute Gasteiger partial charge is 0.323 e. The topological polar surface area (TPSA) is 141 Å². The van der Waals surface area contributed by atoms with Crippen LogP contribution in [0, 0.1) is 0 Å². The molecule has 0 aliphatic carbocycles. The maximum Gasteiger partial charge on any atom is 0.323 e. The molecule has 2 aromatic carbocycles. The Balaban J connectivity index is 1.10. The van der Waals surface area contributed by atoms with Crippen LogP contribution in [0.4, 0.5) is 21.0 Å². The van der Waals surface area contributed by atoms with Gasteiger partial charge in [-0.1, -0.05) is 18.2 Å². The van der Waals surface area contributed by atoms with Gasteiger partial charge in [0.15, 0.2) is 0 Å². The Kier molecular flexibility index (Phi) is 10.8. The SMILES string of the molecule is COC(=O)[C@@H]1CCCN1C1CCN(C(=O)[C@@H](Cc2cc(Br)c(N)c(Br)c2)NC(=O)N2CCC(N3Cc4ccccc4NC3=O)CC2)CC1. The molecule has 12 nitrogen and oxygen atoms in total. The van der Waals surface area contributed by atoms with E-state index in [1.165, 1.54) is 7.11 Å². The van der Waals surface area contributed by atoms with Crippen LogP contribution >= 0.6 is 31.9 Å². The van der Waals surface area contributed by atoms with Crippen molar-refractivity contribution in [2.75, 3.05) is 50.9 Å². The number of amides is 5. The number of nitrogens with zero attached hydrogens (tertiary/aromatic N) is 4. The van der Waals surface area contributed by atoms with Gasteiger partial charge in [-0.25, -0.2) is 9.59 Å². The van der Waals surface area contributed by atoms with Crippen LogP contribution in [0.3, 0.4) is 0 Å².